The van der Waals surface area contributed by atoms with Crippen molar-refractivity contribution < 1.29 is 0 Å². The molecule has 8 aromatic carbocycles. The average Bonchev–Trinajstić information content (AvgIpc) is 3.08. The fourth-order valence-electron chi connectivity index (χ4n) is 8.26. The molecule has 50 heavy (non-hydrogen) atoms. The van der Waals surface area contributed by atoms with E-state index in [9.17, 15) is 0 Å². The van der Waals surface area contributed by atoms with Gasteiger partial charge in [0.05, 0.1) is 0 Å². The third-order valence-corrected chi connectivity index (χ3v) is 11.2. The van der Waals surface area contributed by atoms with E-state index in [2.05, 4.69) is 178 Å². The van der Waals surface area contributed by atoms with Gasteiger partial charge in [-0.3, -0.25) is 0 Å². The van der Waals surface area contributed by atoms with Crippen molar-refractivity contribution in [3.8, 4) is 22.3 Å². The topological polar surface area (TPSA) is 0 Å². The standard InChI is InChI=1S/C50H50/c1-29(2)39-18-15-31-16-19-42-44(30(3)4)28-46(43-22-21-41(39)47(31)48(42)43)35-14-12-32-23-34(13-11-33(32)24-35)45-27-38(50(8,9)10)26-36-25-37(49(5,6)7)17-20-40(36)45/h11-30H,1-10H3. The molecule has 0 bridgehead atoms. The zero-order chi connectivity index (χ0) is 35.3. The zero-order valence-corrected chi connectivity index (χ0v) is 31.5. The minimum atomic E-state index is 0.0539. The van der Waals surface area contributed by atoms with Crippen LogP contribution in [0.5, 0.6) is 0 Å². The summed E-state index contributed by atoms with van der Waals surface area (Å²) in [5.41, 5.74) is 11.0. The van der Waals surface area contributed by atoms with E-state index >= 15 is 0 Å². The van der Waals surface area contributed by atoms with Crippen molar-refractivity contribution in [2.45, 2.75) is 91.9 Å². The van der Waals surface area contributed by atoms with Crippen molar-refractivity contribution in [1.29, 1.82) is 0 Å². The second kappa shape index (κ2) is 11.4. The van der Waals surface area contributed by atoms with Crippen molar-refractivity contribution in [3.05, 3.63) is 131 Å². The predicted molar refractivity (Wildman–Crippen MR) is 222 cm³/mol. The van der Waals surface area contributed by atoms with Crippen molar-refractivity contribution in [1.82, 2.24) is 0 Å². The molecule has 8 rings (SSSR count). The van der Waals surface area contributed by atoms with Crippen LogP contribution in [0.2, 0.25) is 0 Å². The quantitative estimate of drug-likeness (QED) is 0.166. The van der Waals surface area contributed by atoms with Crippen LogP contribution < -0.4 is 0 Å². The molecule has 0 atom stereocenters. The molecule has 0 amide bonds. The van der Waals surface area contributed by atoms with E-state index in [1.165, 1.54) is 98.4 Å². The van der Waals surface area contributed by atoms with Gasteiger partial charge in [-0.1, -0.05) is 154 Å². The molecule has 0 aromatic heterocycles. The lowest BCUT2D eigenvalue weighted by molar-refractivity contribution is 0.589. The molecule has 0 radical (unpaired) electrons. The lowest BCUT2D eigenvalue weighted by Crippen LogP contribution is -2.12. The molecule has 0 saturated heterocycles. The second-order valence-corrected chi connectivity index (χ2v) is 17.5. The van der Waals surface area contributed by atoms with Gasteiger partial charge in [0.25, 0.3) is 0 Å². The molecule has 0 aliphatic heterocycles. The van der Waals surface area contributed by atoms with Gasteiger partial charge in [-0.25, -0.2) is 0 Å². The lowest BCUT2D eigenvalue weighted by atomic mass is 9.81. The van der Waals surface area contributed by atoms with Crippen molar-refractivity contribution >= 4 is 53.9 Å². The molecule has 0 spiro atoms. The van der Waals surface area contributed by atoms with E-state index in [-0.39, 0.29) is 10.8 Å². The molecule has 0 fully saturated rings. The van der Waals surface area contributed by atoms with E-state index in [0.717, 1.165) is 0 Å². The fourth-order valence-corrected chi connectivity index (χ4v) is 8.26. The van der Waals surface area contributed by atoms with Crippen molar-refractivity contribution in [2.75, 3.05) is 0 Å². The van der Waals surface area contributed by atoms with E-state index in [4.69, 9.17) is 0 Å². The van der Waals surface area contributed by atoms with E-state index < -0.39 is 0 Å². The molecule has 0 heteroatoms. The fraction of sp³-hybridized carbons (Fsp3) is 0.280. The van der Waals surface area contributed by atoms with E-state index in [1.54, 1.807) is 0 Å². The number of hydrogen-bond donors (Lipinski definition) is 0. The highest BCUT2D eigenvalue weighted by Crippen LogP contribution is 2.45. The molecule has 0 aliphatic carbocycles. The summed E-state index contributed by atoms with van der Waals surface area (Å²) in [6.07, 6.45) is 0. The monoisotopic (exact) mass is 650 g/mol. The molecule has 8 aromatic rings. The Morgan fingerprint density at radius 2 is 0.860 bits per heavy atom. The summed E-state index contributed by atoms with van der Waals surface area (Å²) in [5.74, 6) is 0.896. The van der Waals surface area contributed by atoms with Crippen LogP contribution in [0.4, 0.5) is 0 Å². The largest absolute Gasteiger partial charge is 0.0587 e. The molecule has 250 valence electrons. The molecule has 0 aliphatic rings. The zero-order valence-electron chi connectivity index (χ0n) is 31.5. The van der Waals surface area contributed by atoms with Gasteiger partial charge in [-0.2, -0.15) is 0 Å². The molecular formula is C50H50. The van der Waals surface area contributed by atoms with Gasteiger partial charge in [0.2, 0.25) is 0 Å². The normalized spacial score (nSPS) is 13.0. The number of fused-ring (bicyclic) bond motifs is 2. The summed E-state index contributed by atoms with van der Waals surface area (Å²) >= 11 is 0. The Hall–Kier alpha value is -4.68. The third kappa shape index (κ3) is 5.27. The van der Waals surface area contributed by atoms with Crippen LogP contribution in [0.1, 0.15) is 103 Å². The first-order valence-corrected chi connectivity index (χ1v) is 18.6. The summed E-state index contributed by atoms with van der Waals surface area (Å²) in [5, 5.41) is 13.5. The number of hydrogen-bond acceptors (Lipinski definition) is 0. The van der Waals surface area contributed by atoms with Crippen LogP contribution in [0, 0.1) is 0 Å². The molecule has 0 heterocycles. The summed E-state index contributed by atoms with van der Waals surface area (Å²) in [6, 6.07) is 42.7. The molecule has 0 N–H and O–H groups in total. The second-order valence-electron chi connectivity index (χ2n) is 17.5. The van der Waals surface area contributed by atoms with Crippen LogP contribution in [-0.2, 0) is 10.8 Å². The Morgan fingerprint density at radius 3 is 1.48 bits per heavy atom. The predicted octanol–water partition coefficient (Wildman–Crippen LogP) is 15.1. The van der Waals surface area contributed by atoms with Gasteiger partial charge in [0, 0.05) is 0 Å². The average molecular weight is 651 g/mol. The van der Waals surface area contributed by atoms with Gasteiger partial charge >= 0.3 is 0 Å². The molecular weight excluding hydrogens is 601 g/mol. The smallest absolute Gasteiger partial charge is 0.00176 e. The Balaban J connectivity index is 1.31. The number of benzene rings is 8. The van der Waals surface area contributed by atoms with Gasteiger partial charge in [-0.15, -0.1) is 0 Å². The summed E-state index contributed by atoms with van der Waals surface area (Å²) in [6.45, 7) is 23.1. The highest BCUT2D eigenvalue weighted by molar-refractivity contribution is 6.27. The van der Waals surface area contributed by atoms with Crippen LogP contribution >= 0.6 is 0 Å². The third-order valence-electron chi connectivity index (χ3n) is 11.2. The molecule has 0 nitrogen and oxygen atoms in total. The van der Waals surface area contributed by atoms with Crippen molar-refractivity contribution in [2.24, 2.45) is 0 Å². The minimum absolute atomic E-state index is 0.0539. The van der Waals surface area contributed by atoms with Crippen LogP contribution in [0.25, 0.3) is 76.1 Å². The van der Waals surface area contributed by atoms with Crippen LogP contribution in [0.3, 0.4) is 0 Å². The Labute approximate surface area is 298 Å². The Bertz CT molecular complexity index is 2590. The van der Waals surface area contributed by atoms with E-state index in [1.807, 2.05) is 0 Å². The Kier molecular flexibility index (Phi) is 7.43. The maximum Gasteiger partial charge on any atom is -0.00176 e. The number of rotatable bonds is 4. The highest BCUT2D eigenvalue weighted by Gasteiger charge is 2.21. The molecule has 0 saturated carbocycles. The van der Waals surface area contributed by atoms with Crippen molar-refractivity contribution in [3.63, 3.8) is 0 Å². The van der Waals surface area contributed by atoms with Gasteiger partial charge < -0.3 is 0 Å². The summed E-state index contributed by atoms with van der Waals surface area (Å²) < 4.78 is 0. The van der Waals surface area contributed by atoms with Gasteiger partial charge in [0.1, 0.15) is 0 Å². The SMILES string of the molecule is CC(C)c1ccc2ccc3c(C(C)C)cc(-c4ccc5cc(-c6cc(C(C)(C)C)cc7cc(C(C)(C)C)ccc67)ccc5c4)c4ccc1c2c43. The lowest BCUT2D eigenvalue weighted by Gasteiger charge is -2.24. The summed E-state index contributed by atoms with van der Waals surface area (Å²) in [7, 11) is 0. The van der Waals surface area contributed by atoms with E-state index in [0.29, 0.717) is 11.8 Å². The highest BCUT2D eigenvalue weighted by atomic mass is 14.3. The maximum atomic E-state index is 2.47. The minimum Gasteiger partial charge on any atom is -0.0587 e. The van der Waals surface area contributed by atoms with Crippen LogP contribution in [0.15, 0.2) is 109 Å². The Morgan fingerprint density at radius 1 is 0.360 bits per heavy atom. The van der Waals surface area contributed by atoms with Crippen LogP contribution in [-0.4, -0.2) is 0 Å². The molecule has 0 unspecified atom stereocenters. The van der Waals surface area contributed by atoms with Gasteiger partial charge in [0.15, 0.2) is 0 Å². The first kappa shape index (κ1) is 32.5. The first-order valence-electron chi connectivity index (χ1n) is 18.6. The first-order chi connectivity index (χ1) is 23.7. The summed E-state index contributed by atoms with van der Waals surface area (Å²) in [4.78, 5) is 0. The maximum absolute atomic E-state index is 2.47. The van der Waals surface area contributed by atoms with Gasteiger partial charge in [-0.05, 0) is 145 Å².